The predicted molar refractivity (Wildman–Crippen MR) is 42.4 cm³/mol. The highest BCUT2D eigenvalue weighted by molar-refractivity contribution is 14.1. The molecular weight excluding hydrogens is 235 g/mol. The van der Waals surface area contributed by atoms with Gasteiger partial charge in [0.15, 0.2) is 0 Å². The summed E-state index contributed by atoms with van der Waals surface area (Å²) in [6.07, 6.45) is 0. The van der Waals surface area contributed by atoms with Crippen molar-refractivity contribution in [2.24, 2.45) is 0 Å². The summed E-state index contributed by atoms with van der Waals surface area (Å²) in [5, 5.41) is 9.91. The van der Waals surface area contributed by atoms with Crippen molar-refractivity contribution in [2.45, 2.75) is 11.4 Å². The zero-order chi connectivity index (χ0) is 5.98. The Morgan fingerprint density at radius 3 is 2.62 bits per heavy atom. The van der Waals surface area contributed by atoms with Crippen molar-refractivity contribution in [1.29, 1.82) is 0 Å². The smallest absolute Gasteiger partial charge is 0.127 e. The molecule has 4 heteroatoms. The molecule has 0 N–H and O–H groups in total. The van der Waals surface area contributed by atoms with Gasteiger partial charge in [-0.15, -0.1) is 21.5 Å². The lowest BCUT2D eigenvalue weighted by molar-refractivity contribution is 1.01. The summed E-state index contributed by atoms with van der Waals surface area (Å²) in [4.78, 5) is 0. The van der Waals surface area contributed by atoms with Gasteiger partial charge in [0.05, 0.1) is 4.43 Å². The van der Waals surface area contributed by atoms with Gasteiger partial charge in [-0.3, -0.25) is 0 Å². The van der Waals surface area contributed by atoms with Gasteiger partial charge in [0.25, 0.3) is 0 Å². The van der Waals surface area contributed by atoms with Gasteiger partial charge >= 0.3 is 0 Å². The van der Waals surface area contributed by atoms with E-state index in [1.54, 1.807) is 11.3 Å². The first-order valence-corrected chi connectivity index (χ1v) is 4.52. The van der Waals surface area contributed by atoms with Crippen molar-refractivity contribution in [3.8, 4) is 0 Å². The fourth-order valence-electron chi connectivity index (χ4n) is 0.392. The summed E-state index contributed by atoms with van der Waals surface area (Å²) in [7, 11) is 0. The fourth-order valence-corrected chi connectivity index (χ4v) is 1.57. The lowest BCUT2D eigenvalue weighted by Crippen LogP contribution is -1.72. The molecule has 0 aliphatic carbocycles. The second-order valence-electron chi connectivity index (χ2n) is 1.35. The Morgan fingerprint density at radius 2 is 2.38 bits per heavy atom. The monoisotopic (exact) mass is 240 g/mol. The van der Waals surface area contributed by atoms with Gasteiger partial charge in [0.1, 0.15) is 10.0 Å². The van der Waals surface area contributed by atoms with Gasteiger partial charge in [-0.2, -0.15) is 0 Å². The summed E-state index contributed by atoms with van der Waals surface area (Å²) in [5.74, 6) is 0. The zero-order valence-corrected chi connectivity index (χ0v) is 7.36. The molecule has 2 nitrogen and oxygen atoms in total. The SMILES string of the molecule is Cc1nnc(CI)s1. The molecule has 1 rings (SSSR count). The van der Waals surface area contributed by atoms with Crippen LogP contribution in [0.15, 0.2) is 0 Å². The van der Waals surface area contributed by atoms with E-state index in [0.29, 0.717) is 0 Å². The first-order chi connectivity index (χ1) is 3.83. The molecule has 8 heavy (non-hydrogen) atoms. The van der Waals surface area contributed by atoms with Crippen LogP contribution >= 0.6 is 33.9 Å². The van der Waals surface area contributed by atoms with Crippen molar-refractivity contribution in [3.63, 3.8) is 0 Å². The predicted octanol–water partition coefficient (Wildman–Crippen LogP) is 1.78. The fraction of sp³-hybridized carbons (Fsp3) is 0.500. The standard InChI is InChI=1S/C4H5IN2S/c1-3-6-7-4(2-5)8-3/h2H2,1H3. The van der Waals surface area contributed by atoms with E-state index in [0.717, 1.165) is 14.4 Å². The van der Waals surface area contributed by atoms with Crippen LogP contribution in [0.1, 0.15) is 10.0 Å². The van der Waals surface area contributed by atoms with E-state index in [4.69, 9.17) is 0 Å². The quantitative estimate of drug-likeness (QED) is 0.552. The van der Waals surface area contributed by atoms with E-state index in [2.05, 4.69) is 32.8 Å². The minimum atomic E-state index is 0.975. The van der Waals surface area contributed by atoms with Crippen molar-refractivity contribution >= 4 is 33.9 Å². The third-order valence-corrected chi connectivity index (χ3v) is 2.76. The van der Waals surface area contributed by atoms with Crippen molar-refractivity contribution < 1.29 is 0 Å². The molecule has 0 fully saturated rings. The largest absolute Gasteiger partial charge is 0.144 e. The highest BCUT2D eigenvalue weighted by Gasteiger charge is 1.94. The molecule has 0 atom stereocenters. The Labute approximate surface area is 65.5 Å². The van der Waals surface area contributed by atoms with E-state index in [1.165, 1.54) is 0 Å². The number of rotatable bonds is 1. The average Bonchev–Trinajstić information content (AvgIpc) is 2.14. The molecule has 1 heterocycles. The topological polar surface area (TPSA) is 25.8 Å². The minimum absolute atomic E-state index is 0.975. The zero-order valence-electron chi connectivity index (χ0n) is 4.39. The van der Waals surface area contributed by atoms with E-state index >= 15 is 0 Å². The second kappa shape index (κ2) is 2.72. The van der Waals surface area contributed by atoms with Crippen LogP contribution in [0.25, 0.3) is 0 Å². The second-order valence-corrected chi connectivity index (χ2v) is 3.38. The molecule has 1 aromatic rings. The van der Waals surface area contributed by atoms with Crippen molar-refractivity contribution in [3.05, 3.63) is 10.0 Å². The van der Waals surface area contributed by atoms with E-state index < -0.39 is 0 Å². The molecule has 0 aliphatic heterocycles. The maximum absolute atomic E-state index is 3.90. The van der Waals surface area contributed by atoms with Crippen LogP contribution < -0.4 is 0 Å². The molecule has 0 amide bonds. The van der Waals surface area contributed by atoms with Gasteiger partial charge in [-0.05, 0) is 6.92 Å². The molecule has 0 saturated carbocycles. The van der Waals surface area contributed by atoms with Gasteiger partial charge in [-0.1, -0.05) is 22.6 Å². The molecule has 0 spiro atoms. The Hall–Kier alpha value is 0.290. The first kappa shape index (κ1) is 6.41. The van der Waals surface area contributed by atoms with Crippen LogP contribution in [0, 0.1) is 6.92 Å². The van der Waals surface area contributed by atoms with Crippen LogP contribution in [0.5, 0.6) is 0 Å². The lowest BCUT2D eigenvalue weighted by atomic mass is 10.9. The van der Waals surface area contributed by atoms with Crippen LogP contribution in [-0.4, -0.2) is 10.2 Å². The molecule has 0 aromatic carbocycles. The minimum Gasteiger partial charge on any atom is -0.144 e. The Kier molecular flexibility index (Phi) is 2.18. The Balaban J connectivity index is 2.84. The normalized spacial score (nSPS) is 9.75. The highest BCUT2D eigenvalue weighted by Crippen LogP contribution is 2.10. The maximum atomic E-state index is 3.90. The van der Waals surface area contributed by atoms with Gasteiger partial charge < -0.3 is 0 Å². The van der Waals surface area contributed by atoms with Crippen LogP contribution in [0.4, 0.5) is 0 Å². The average molecular weight is 240 g/mol. The summed E-state index contributed by atoms with van der Waals surface area (Å²) in [6, 6.07) is 0. The van der Waals surface area contributed by atoms with Crippen molar-refractivity contribution in [2.75, 3.05) is 0 Å². The van der Waals surface area contributed by atoms with Crippen LogP contribution in [0.2, 0.25) is 0 Å². The van der Waals surface area contributed by atoms with Crippen LogP contribution in [-0.2, 0) is 4.43 Å². The number of aryl methyl sites for hydroxylation is 1. The Morgan fingerprint density at radius 1 is 1.62 bits per heavy atom. The van der Waals surface area contributed by atoms with Crippen LogP contribution in [0.3, 0.4) is 0 Å². The number of nitrogens with zero attached hydrogens (tertiary/aromatic N) is 2. The number of halogens is 1. The van der Waals surface area contributed by atoms with E-state index in [1.807, 2.05) is 6.92 Å². The summed E-state index contributed by atoms with van der Waals surface area (Å²) in [6.45, 7) is 1.97. The molecule has 44 valence electrons. The number of alkyl halides is 1. The molecule has 0 saturated heterocycles. The number of hydrogen-bond donors (Lipinski definition) is 0. The van der Waals surface area contributed by atoms with Crippen molar-refractivity contribution in [1.82, 2.24) is 10.2 Å². The molecule has 0 bridgehead atoms. The molecular formula is C4H5IN2S. The molecule has 1 aromatic heterocycles. The molecule has 0 unspecified atom stereocenters. The highest BCUT2D eigenvalue weighted by atomic mass is 127. The maximum Gasteiger partial charge on any atom is 0.127 e. The third-order valence-electron chi connectivity index (χ3n) is 0.682. The van der Waals surface area contributed by atoms with Gasteiger partial charge in [0, 0.05) is 0 Å². The first-order valence-electron chi connectivity index (χ1n) is 2.18. The van der Waals surface area contributed by atoms with Gasteiger partial charge in [0.2, 0.25) is 0 Å². The van der Waals surface area contributed by atoms with E-state index in [9.17, 15) is 0 Å². The summed E-state index contributed by atoms with van der Waals surface area (Å²) < 4.78 is 0.975. The Bertz CT molecular complexity index is 174. The summed E-state index contributed by atoms with van der Waals surface area (Å²) in [5.41, 5.74) is 0. The molecule has 0 radical (unpaired) electrons. The number of aromatic nitrogens is 2. The third kappa shape index (κ3) is 1.38. The molecule has 0 aliphatic rings. The summed E-state index contributed by atoms with van der Waals surface area (Å²) >= 11 is 3.93. The van der Waals surface area contributed by atoms with Gasteiger partial charge in [-0.25, -0.2) is 0 Å². The number of hydrogen-bond acceptors (Lipinski definition) is 3. The van der Waals surface area contributed by atoms with E-state index in [-0.39, 0.29) is 0 Å². The lowest BCUT2D eigenvalue weighted by Gasteiger charge is -1.74.